The first-order valence-corrected chi connectivity index (χ1v) is 8.15. The molecule has 0 aliphatic carbocycles. The van der Waals surface area contributed by atoms with Gasteiger partial charge in [-0.3, -0.25) is 4.72 Å². The summed E-state index contributed by atoms with van der Waals surface area (Å²) in [7, 11) is -3.80. The van der Waals surface area contributed by atoms with Crippen LogP contribution >= 0.6 is 27.3 Å². The van der Waals surface area contributed by atoms with Crippen molar-refractivity contribution in [2.24, 2.45) is 5.84 Å². The van der Waals surface area contributed by atoms with Crippen LogP contribution in [0.15, 0.2) is 27.0 Å². The molecule has 0 spiro atoms. The van der Waals surface area contributed by atoms with Gasteiger partial charge in [0.1, 0.15) is 4.90 Å². The second-order valence-corrected chi connectivity index (χ2v) is 6.97. The second-order valence-electron chi connectivity index (χ2n) is 3.54. The third-order valence-corrected chi connectivity index (χ3v) is 4.88. The van der Waals surface area contributed by atoms with Crippen molar-refractivity contribution in [2.45, 2.75) is 11.8 Å². The maximum absolute atomic E-state index is 12.2. The molecule has 0 saturated carbocycles. The Hall–Kier alpha value is -1.23. The molecule has 0 amide bonds. The minimum atomic E-state index is -3.80. The fourth-order valence-electron chi connectivity index (χ4n) is 1.30. The second kappa shape index (κ2) is 5.41. The van der Waals surface area contributed by atoms with Crippen LogP contribution in [0.4, 0.5) is 10.9 Å². The van der Waals surface area contributed by atoms with E-state index >= 15 is 0 Å². The van der Waals surface area contributed by atoms with Gasteiger partial charge in [0.05, 0.1) is 5.69 Å². The van der Waals surface area contributed by atoms with Crippen LogP contribution in [0.5, 0.6) is 0 Å². The first-order valence-electron chi connectivity index (χ1n) is 4.99. The topological polar surface area (TPSA) is 110 Å². The summed E-state index contributed by atoms with van der Waals surface area (Å²) in [5, 5.41) is 2.04. The number of rotatable bonds is 4. The van der Waals surface area contributed by atoms with Crippen molar-refractivity contribution >= 4 is 48.2 Å². The van der Waals surface area contributed by atoms with Gasteiger partial charge in [0.15, 0.2) is 10.9 Å². The summed E-state index contributed by atoms with van der Waals surface area (Å²) in [6.45, 7) is 1.78. The first-order chi connectivity index (χ1) is 8.92. The third kappa shape index (κ3) is 3.21. The fraction of sp³-hybridized carbons (Fsp3) is 0.111. The van der Waals surface area contributed by atoms with E-state index in [9.17, 15) is 8.42 Å². The van der Waals surface area contributed by atoms with E-state index < -0.39 is 10.0 Å². The number of hydrazine groups is 1. The van der Waals surface area contributed by atoms with Crippen molar-refractivity contribution in [3.8, 4) is 0 Å². The normalized spacial score (nSPS) is 11.3. The predicted molar refractivity (Wildman–Crippen MR) is 77.4 cm³/mol. The lowest BCUT2D eigenvalue weighted by atomic mass is 10.5. The Kier molecular flexibility index (Phi) is 4.04. The summed E-state index contributed by atoms with van der Waals surface area (Å²) in [6, 6.07) is 1.41. The molecular formula is C9H10BrN5O2S2. The number of hydrogen-bond donors (Lipinski definition) is 3. The summed E-state index contributed by atoms with van der Waals surface area (Å²) in [5.41, 5.74) is 2.99. The highest BCUT2D eigenvalue weighted by Gasteiger charge is 2.21. The Balaban J connectivity index is 2.41. The molecule has 0 unspecified atom stereocenters. The molecule has 10 heteroatoms. The number of hydrogen-bond acceptors (Lipinski definition) is 7. The summed E-state index contributed by atoms with van der Waals surface area (Å²) in [5.74, 6) is 5.32. The van der Waals surface area contributed by atoms with Gasteiger partial charge in [-0.05, 0) is 28.9 Å². The molecule has 0 fully saturated rings. The molecule has 4 N–H and O–H groups in total. The first kappa shape index (κ1) is 14.2. The highest BCUT2D eigenvalue weighted by Crippen LogP contribution is 2.25. The molecule has 0 aliphatic heterocycles. The largest absolute Gasteiger partial charge is 0.307 e. The van der Waals surface area contributed by atoms with Crippen LogP contribution in [-0.2, 0) is 10.0 Å². The number of aromatic nitrogens is 2. The molecule has 2 aromatic rings. The van der Waals surface area contributed by atoms with Gasteiger partial charge in [0.25, 0.3) is 10.0 Å². The molecule has 102 valence electrons. The average Bonchev–Trinajstić information content (AvgIpc) is 2.74. The van der Waals surface area contributed by atoms with E-state index in [1.54, 1.807) is 12.3 Å². The number of anilines is 2. The molecule has 2 rings (SSSR count). The molecule has 2 heterocycles. The predicted octanol–water partition coefficient (Wildman–Crippen LogP) is 1.70. The Morgan fingerprint density at radius 3 is 2.79 bits per heavy atom. The van der Waals surface area contributed by atoms with Crippen LogP contribution < -0.4 is 16.0 Å². The fourth-order valence-corrected chi connectivity index (χ4v) is 3.87. The van der Waals surface area contributed by atoms with Crippen molar-refractivity contribution in [1.29, 1.82) is 0 Å². The molecule has 0 aliphatic rings. The minimum absolute atomic E-state index is 0.0581. The van der Waals surface area contributed by atoms with E-state index in [0.717, 1.165) is 5.69 Å². The maximum atomic E-state index is 12.2. The van der Waals surface area contributed by atoms with Crippen LogP contribution in [0, 0.1) is 6.92 Å². The monoisotopic (exact) mass is 363 g/mol. The van der Waals surface area contributed by atoms with Gasteiger partial charge < -0.3 is 5.43 Å². The molecule has 7 nitrogen and oxygen atoms in total. The number of thiazole rings is 1. The molecule has 0 radical (unpaired) electrons. The van der Waals surface area contributed by atoms with Crippen molar-refractivity contribution in [3.05, 3.63) is 27.8 Å². The van der Waals surface area contributed by atoms with Gasteiger partial charge in [-0.2, -0.15) is 0 Å². The van der Waals surface area contributed by atoms with Gasteiger partial charge in [-0.25, -0.2) is 24.2 Å². The van der Waals surface area contributed by atoms with Gasteiger partial charge in [-0.15, -0.1) is 11.3 Å². The van der Waals surface area contributed by atoms with E-state index in [2.05, 4.69) is 36.0 Å². The Labute approximate surface area is 122 Å². The molecule has 0 atom stereocenters. The average molecular weight is 364 g/mol. The number of aryl methyl sites for hydroxylation is 1. The van der Waals surface area contributed by atoms with E-state index in [1.807, 2.05) is 0 Å². The number of nitrogen functional groups attached to an aromatic ring is 1. The van der Waals surface area contributed by atoms with Crippen LogP contribution in [-0.4, -0.2) is 18.4 Å². The number of halogens is 1. The van der Waals surface area contributed by atoms with Crippen molar-refractivity contribution < 1.29 is 8.42 Å². The van der Waals surface area contributed by atoms with E-state index in [0.29, 0.717) is 9.60 Å². The van der Waals surface area contributed by atoms with Gasteiger partial charge in [0.2, 0.25) is 0 Å². The summed E-state index contributed by atoms with van der Waals surface area (Å²) in [4.78, 5) is 7.88. The third-order valence-electron chi connectivity index (χ3n) is 2.09. The molecular weight excluding hydrogens is 354 g/mol. The smallest absolute Gasteiger partial charge is 0.267 e. The molecule has 19 heavy (non-hydrogen) atoms. The lowest BCUT2D eigenvalue weighted by molar-refractivity contribution is 0.601. The van der Waals surface area contributed by atoms with Gasteiger partial charge in [-0.1, -0.05) is 0 Å². The summed E-state index contributed by atoms with van der Waals surface area (Å²) < 4.78 is 27.4. The number of sulfonamides is 1. The zero-order chi connectivity index (χ0) is 14.0. The van der Waals surface area contributed by atoms with Crippen LogP contribution in [0.1, 0.15) is 5.69 Å². The van der Waals surface area contributed by atoms with E-state index in [-0.39, 0.29) is 10.7 Å². The zero-order valence-electron chi connectivity index (χ0n) is 9.71. The number of nitrogens with two attached hydrogens (primary N) is 1. The lowest BCUT2D eigenvalue weighted by Gasteiger charge is -2.09. The Morgan fingerprint density at radius 1 is 1.47 bits per heavy atom. The van der Waals surface area contributed by atoms with Crippen LogP contribution in [0.2, 0.25) is 0 Å². The highest BCUT2D eigenvalue weighted by molar-refractivity contribution is 9.10. The molecule has 2 aromatic heterocycles. The minimum Gasteiger partial charge on any atom is -0.307 e. The van der Waals surface area contributed by atoms with Crippen molar-refractivity contribution in [2.75, 3.05) is 10.1 Å². The molecule has 0 bridgehead atoms. The summed E-state index contributed by atoms with van der Waals surface area (Å²) in [6.07, 6.45) is 1.45. The van der Waals surface area contributed by atoms with Crippen LogP contribution in [0.25, 0.3) is 0 Å². The number of pyridine rings is 1. The SMILES string of the molecule is Cc1csc(NS(=O)(=O)c2cc(Br)cnc2NN)n1. The van der Waals surface area contributed by atoms with Crippen molar-refractivity contribution in [1.82, 2.24) is 9.97 Å². The number of nitrogens with zero attached hydrogens (tertiary/aromatic N) is 2. The maximum Gasteiger partial charge on any atom is 0.267 e. The standard InChI is InChI=1S/C9H10BrN5O2S2/c1-5-4-18-9(13-5)15-19(16,17)7-2-6(10)3-12-8(7)14-11/h2-4H,11H2,1H3,(H,12,14)(H,13,15). The Morgan fingerprint density at radius 2 is 2.21 bits per heavy atom. The number of nitrogens with one attached hydrogen (secondary N) is 2. The highest BCUT2D eigenvalue weighted by atomic mass is 79.9. The van der Waals surface area contributed by atoms with Crippen LogP contribution in [0.3, 0.4) is 0 Å². The van der Waals surface area contributed by atoms with E-state index in [1.165, 1.54) is 23.6 Å². The molecule has 0 aromatic carbocycles. The van der Waals surface area contributed by atoms with Crippen molar-refractivity contribution in [3.63, 3.8) is 0 Å². The quantitative estimate of drug-likeness (QED) is 0.563. The lowest BCUT2D eigenvalue weighted by Crippen LogP contribution is -2.18. The zero-order valence-corrected chi connectivity index (χ0v) is 12.9. The van der Waals surface area contributed by atoms with Gasteiger partial charge >= 0.3 is 0 Å². The Bertz CT molecular complexity index is 700. The molecule has 0 saturated heterocycles. The summed E-state index contributed by atoms with van der Waals surface area (Å²) >= 11 is 4.37. The van der Waals surface area contributed by atoms with E-state index in [4.69, 9.17) is 5.84 Å². The van der Waals surface area contributed by atoms with Gasteiger partial charge in [0, 0.05) is 16.0 Å².